The van der Waals surface area contributed by atoms with Crippen LogP contribution in [0.4, 0.5) is 4.79 Å². The van der Waals surface area contributed by atoms with Crippen molar-refractivity contribution in [2.24, 2.45) is 11.7 Å². The highest BCUT2D eigenvalue weighted by molar-refractivity contribution is 5.79. The van der Waals surface area contributed by atoms with E-state index in [0.29, 0.717) is 25.4 Å². The fourth-order valence-electron chi connectivity index (χ4n) is 3.05. The van der Waals surface area contributed by atoms with Gasteiger partial charge in [-0.15, -0.1) is 0 Å². The highest BCUT2D eigenvalue weighted by Gasteiger charge is 2.27. The molecule has 0 aliphatic carbocycles. The molecule has 1 rings (SSSR count). The number of piperidine rings is 1. The van der Waals surface area contributed by atoms with Crippen LogP contribution in [0.1, 0.15) is 59.3 Å². The molecule has 0 aromatic rings. The zero-order valence-corrected chi connectivity index (χ0v) is 18.2. The Bertz CT molecular complexity index is 597. The third-order valence-corrected chi connectivity index (χ3v) is 4.81. The Morgan fingerprint density at radius 3 is 2.20 bits per heavy atom. The lowest BCUT2D eigenvalue weighted by Gasteiger charge is -2.33. The van der Waals surface area contributed by atoms with Crippen LogP contribution in [0.15, 0.2) is 0 Å². The minimum atomic E-state index is -1.10. The number of nitrogens with zero attached hydrogens (tertiary/aromatic N) is 1. The molecule has 1 aliphatic rings. The van der Waals surface area contributed by atoms with Crippen molar-refractivity contribution in [3.8, 4) is 0 Å². The number of nitrogens with one attached hydrogen (secondary N) is 2. The summed E-state index contributed by atoms with van der Waals surface area (Å²) >= 11 is 0. The molecule has 0 radical (unpaired) electrons. The topological polar surface area (TPSA) is 151 Å². The predicted octanol–water partition coefficient (Wildman–Crippen LogP) is 0.838. The molecular weight excluding hydrogens is 392 g/mol. The van der Waals surface area contributed by atoms with Crippen molar-refractivity contribution in [3.05, 3.63) is 0 Å². The lowest BCUT2D eigenvalue weighted by Crippen LogP contribution is -2.41. The van der Waals surface area contributed by atoms with Crippen LogP contribution in [0, 0.1) is 5.92 Å². The van der Waals surface area contributed by atoms with Crippen molar-refractivity contribution in [3.63, 3.8) is 0 Å². The number of carbonyl (C=O) groups excluding carboxylic acids is 3. The number of likely N-dealkylation sites (tertiary alicyclic amines) is 1. The molecule has 0 saturated carbocycles. The van der Waals surface area contributed by atoms with E-state index >= 15 is 0 Å². The molecule has 172 valence electrons. The van der Waals surface area contributed by atoms with Gasteiger partial charge in [0.2, 0.25) is 11.8 Å². The van der Waals surface area contributed by atoms with Crippen molar-refractivity contribution in [1.29, 1.82) is 0 Å². The Balaban J connectivity index is 2.12. The second-order valence-electron chi connectivity index (χ2n) is 8.63. The van der Waals surface area contributed by atoms with Gasteiger partial charge in [0.05, 0.1) is 0 Å². The maximum absolute atomic E-state index is 12.1. The van der Waals surface area contributed by atoms with Gasteiger partial charge >= 0.3 is 12.1 Å². The number of hydrogen-bond acceptors (Lipinski definition) is 6. The number of rotatable bonds is 10. The van der Waals surface area contributed by atoms with Gasteiger partial charge in [-0.05, 0) is 52.4 Å². The number of carboxylic acids is 1. The van der Waals surface area contributed by atoms with E-state index in [1.807, 2.05) is 20.8 Å². The van der Waals surface area contributed by atoms with Gasteiger partial charge in [0.1, 0.15) is 11.6 Å². The molecule has 30 heavy (non-hydrogen) atoms. The smallest absolute Gasteiger partial charge is 0.410 e. The van der Waals surface area contributed by atoms with Crippen LogP contribution in [0.25, 0.3) is 0 Å². The number of aliphatic carboxylic acids is 1. The summed E-state index contributed by atoms with van der Waals surface area (Å²) in [7, 11) is 0. The van der Waals surface area contributed by atoms with Crippen molar-refractivity contribution in [1.82, 2.24) is 15.5 Å². The number of hydrogen-bond donors (Lipinski definition) is 4. The average Bonchev–Trinajstić information content (AvgIpc) is 2.65. The summed E-state index contributed by atoms with van der Waals surface area (Å²) < 4.78 is 5.38. The van der Waals surface area contributed by atoms with E-state index in [1.165, 1.54) is 0 Å². The molecule has 0 aromatic carbocycles. The van der Waals surface area contributed by atoms with Gasteiger partial charge in [-0.3, -0.25) is 14.4 Å². The van der Waals surface area contributed by atoms with Gasteiger partial charge < -0.3 is 31.1 Å². The number of amides is 3. The average molecular weight is 429 g/mol. The first-order valence-electron chi connectivity index (χ1n) is 10.5. The molecule has 1 fully saturated rings. The van der Waals surface area contributed by atoms with Crippen molar-refractivity contribution in [2.45, 2.75) is 70.9 Å². The maximum Gasteiger partial charge on any atom is 0.410 e. The summed E-state index contributed by atoms with van der Waals surface area (Å²) in [5, 5.41) is 14.0. The second kappa shape index (κ2) is 12.4. The van der Waals surface area contributed by atoms with E-state index in [9.17, 15) is 19.2 Å². The summed E-state index contributed by atoms with van der Waals surface area (Å²) in [6, 6.07) is -0.999. The Kier molecular flexibility index (Phi) is 10.6. The Hall–Kier alpha value is -2.36. The van der Waals surface area contributed by atoms with Gasteiger partial charge in [-0.25, -0.2) is 4.79 Å². The molecular formula is C20H36N4O6. The van der Waals surface area contributed by atoms with Crippen LogP contribution in [-0.4, -0.2) is 71.7 Å². The van der Waals surface area contributed by atoms with E-state index in [0.717, 1.165) is 19.3 Å². The Morgan fingerprint density at radius 1 is 1.07 bits per heavy atom. The van der Waals surface area contributed by atoms with E-state index in [1.54, 1.807) is 4.90 Å². The van der Waals surface area contributed by atoms with E-state index in [2.05, 4.69) is 10.6 Å². The third kappa shape index (κ3) is 11.0. The summed E-state index contributed by atoms with van der Waals surface area (Å²) in [4.78, 5) is 48.0. The molecule has 1 aliphatic heterocycles. The van der Waals surface area contributed by atoms with Crippen molar-refractivity contribution < 1.29 is 29.0 Å². The summed E-state index contributed by atoms with van der Waals surface area (Å²) in [5.41, 5.74) is 4.84. The molecule has 0 spiro atoms. The van der Waals surface area contributed by atoms with Gasteiger partial charge in [0, 0.05) is 39.0 Å². The fraction of sp³-hybridized carbons (Fsp3) is 0.800. The molecule has 0 unspecified atom stereocenters. The van der Waals surface area contributed by atoms with Crippen LogP contribution in [0.2, 0.25) is 0 Å². The number of nitrogens with two attached hydrogens (primary N) is 1. The molecule has 3 amide bonds. The largest absolute Gasteiger partial charge is 0.480 e. The molecule has 1 atom stereocenters. The standard InChI is InChI=1S/C20H36N4O6/c1-20(2,3)30-19(29)24-12-8-14(9-13-24)4-5-16(25)23-11-7-17(26)22-10-6-15(21)18(27)28/h14-15H,4-13,21H2,1-3H3,(H,22,26)(H,23,25)(H,27,28)/t15-/m0/s1. The lowest BCUT2D eigenvalue weighted by molar-refractivity contribution is -0.138. The summed E-state index contributed by atoms with van der Waals surface area (Å²) in [6.07, 6.45) is 2.80. The van der Waals surface area contributed by atoms with E-state index in [4.69, 9.17) is 15.6 Å². The van der Waals surface area contributed by atoms with E-state index < -0.39 is 17.6 Å². The number of ether oxygens (including phenoxy) is 1. The normalized spacial score (nSPS) is 15.9. The van der Waals surface area contributed by atoms with Gasteiger partial charge in [-0.1, -0.05) is 0 Å². The quantitative estimate of drug-likeness (QED) is 0.402. The van der Waals surface area contributed by atoms with Crippen LogP contribution in [-0.2, 0) is 19.1 Å². The fourth-order valence-corrected chi connectivity index (χ4v) is 3.05. The van der Waals surface area contributed by atoms with Crippen molar-refractivity contribution >= 4 is 23.9 Å². The third-order valence-electron chi connectivity index (χ3n) is 4.81. The lowest BCUT2D eigenvalue weighted by atomic mass is 9.92. The number of carbonyl (C=O) groups is 4. The Labute approximate surface area is 177 Å². The van der Waals surface area contributed by atoms with Gasteiger partial charge in [0.15, 0.2) is 0 Å². The van der Waals surface area contributed by atoms with Gasteiger partial charge in [-0.2, -0.15) is 0 Å². The predicted molar refractivity (Wildman–Crippen MR) is 111 cm³/mol. The molecule has 1 saturated heterocycles. The van der Waals surface area contributed by atoms with Crippen LogP contribution in [0.3, 0.4) is 0 Å². The molecule has 0 bridgehead atoms. The zero-order valence-electron chi connectivity index (χ0n) is 18.2. The highest BCUT2D eigenvalue weighted by atomic mass is 16.6. The highest BCUT2D eigenvalue weighted by Crippen LogP contribution is 2.23. The first-order chi connectivity index (χ1) is 14.0. The molecule has 1 heterocycles. The first-order valence-corrected chi connectivity index (χ1v) is 10.5. The molecule has 0 aromatic heterocycles. The van der Waals surface area contributed by atoms with Crippen LogP contribution < -0.4 is 16.4 Å². The van der Waals surface area contributed by atoms with Crippen molar-refractivity contribution in [2.75, 3.05) is 26.2 Å². The minimum absolute atomic E-state index is 0.106. The van der Waals surface area contributed by atoms with Crippen LogP contribution in [0.5, 0.6) is 0 Å². The van der Waals surface area contributed by atoms with E-state index in [-0.39, 0.29) is 43.8 Å². The maximum atomic E-state index is 12.1. The SMILES string of the molecule is CC(C)(C)OC(=O)N1CCC(CCC(=O)NCCC(=O)NCC[C@H](N)C(=O)O)CC1. The summed E-state index contributed by atoms with van der Waals surface area (Å²) in [5.74, 6) is -1.09. The number of carboxylic acid groups (broad SMARTS) is 1. The zero-order chi connectivity index (χ0) is 22.7. The Morgan fingerprint density at radius 2 is 1.63 bits per heavy atom. The molecule has 10 heteroatoms. The van der Waals surface area contributed by atoms with Crippen LogP contribution >= 0.6 is 0 Å². The monoisotopic (exact) mass is 428 g/mol. The summed E-state index contributed by atoms with van der Waals surface area (Å²) in [6.45, 7) is 7.20. The molecule has 5 N–H and O–H groups in total. The minimum Gasteiger partial charge on any atom is -0.480 e. The molecule has 10 nitrogen and oxygen atoms in total. The first kappa shape index (κ1) is 25.7. The van der Waals surface area contributed by atoms with Gasteiger partial charge in [0.25, 0.3) is 0 Å². The second-order valence-corrected chi connectivity index (χ2v) is 8.63.